The first-order valence-electron chi connectivity index (χ1n) is 9.39. The molecule has 0 bridgehead atoms. The van der Waals surface area contributed by atoms with Gasteiger partial charge in [0.2, 0.25) is 0 Å². The summed E-state index contributed by atoms with van der Waals surface area (Å²) in [4.78, 5) is 19.0. The van der Waals surface area contributed by atoms with Crippen LogP contribution in [0.2, 0.25) is 0 Å². The van der Waals surface area contributed by atoms with Crippen molar-refractivity contribution in [1.82, 2.24) is 4.98 Å². The van der Waals surface area contributed by atoms with Gasteiger partial charge in [0.25, 0.3) is 0 Å². The normalized spacial score (nSPS) is 10.6. The zero-order chi connectivity index (χ0) is 20.6. The molecule has 1 aromatic heterocycles. The standard InChI is InChI=1S/C23H24N2O3S/c1-3-25(22-20(23(26)27)10-7-13-24-22)15-18-14-19(29-2)11-12-21(18)28-16-17-8-5-4-6-9-17/h4-14H,3,15-16H2,1-2H3,(H,26,27). The number of carbonyl (C=O) groups is 1. The van der Waals surface area contributed by atoms with Gasteiger partial charge in [-0.2, -0.15) is 0 Å². The predicted molar refractivity (Wildman–Crippen MR) is 117 cm³/mol. The molecule has 0 aliphatic rings. The first kappa shape index (κ1) is 20.7. The number of hydrogen-bond donors (Lipinski definition) is 1. The molecule has 1 heterocycles. The third-order valence-electron chi connectivity index (χ3n) is 4.56. The first-order chi connectivity index (χ1) is 14.1. The van der Waals surface area contributed by atoms with Gasteiger partial charge in [0.1, 0.15) is 23.7 Å². The van der Waals surface area contributed by atoms with Crippen molar-refractivity contribution in [3.05, 3.63) is 83.6 Å². The zero-order valence-corrected chi connectivity index (χ0v) is 17.4. The van der Waals surface area contributed by atoms with Gasteiger partial charge in [-0.15, -0.1) is 11.8 Å². The van der Waals surface area contributed by atoms with E-state index in [1.54, 1.807) is 30.1 Å². The Hall–Kier alpha value is -2.99. The summed E-state index contributed by atoms with van der Waals surface area (Å²) in [6.45, 7) is 3.59. The lowest BCUT2D eigenvalue weighted by Gasteiger charge is -2.25. The van der Waals surface area contributed by atoms with Crippen LogP contribution < -0.4 is 9.64 Å². The molecule has 0 radical (unpaired) electrons. The molecule has 0 fully saturated rings. The Morgan fingerprint density at radius 3 is 2.62 bits per heavy atom. The van der Waals surface area contributed by atoms with Crippen LogP contribution in [0.1, 0.15) is 28.4 Å². The van der Waals surface area contributed by atoms with Crippen molar-refractivity contribution in [2.24, 2.45) is 0 Å². The van der Waals surface area contributed by atoms with Gasteiger partial charge in [-0.05, 0) is 49.1 Å². The molecule has 0 amide bonds. The number of ether oxygens (including phenoxy) is 1. The van der Waals surface area contributed by atoms with Crippen molar-refractivity contribution in [2.75, 3.05) is 17.7 Å². The number of nitrogens with zero attached hydrogens (tertiary/aromatic N) is 2. The fourth-order valence-corrected chi connectivity index (χ4v) is 3.50. The van der Waals surface area contributed by atoms with Crippen LogP contribution in [0, 0.1) is 0 Å². The van der Waals surface area contributed by atoms with Crippen LogP contribution in [-0.2, 0) is 13.2 Å². The molecule has 150 valence electrons. The molecule has 5 nitrogen and oxygen atoms in total. The third-order valence-corrected chi connectivity index (χ3v) is 5.29. The van der Waals surface area contributed by atoms with E-state index in [-0.39, 0.29) is 5.56 Å². The van der Waals surface area contributed by atoms with Gasteiger partial charge in [-0.3, -0.25) is 0 Å². The summed E-state index contributed by atoms with van der Waals surface area (Å²) in [5.41, 5.74) is 2.29. The van der Waals surface area contributed by atoms with E-state index in [9.17, 15) is 9.90 Å². The van der Waals surface area contributed by atoms with E-state index in [0.717, 1.165) is 21.8 Å². The molecule has 3 rings (SSSR count). The molecule has 0 aliphatic carbocycles. The number of hydrogen-bond acceptors (Lipinski definition) is 5. The molecule has 0 saturated carbocycles. The van der Waals surface area contributed by atoms with E-state index in [1.165, 1.54) is 0 Å². The number of pyridine rings is 1. The van der Waals surface area contributed by atoms with Gasteiger partial charge in [0.05, 0.1) is 0 Å². The number of benzene rings is 2. The Labute approximate surface area is 175 Å². The van der Waals surface area contributed by atoms with E-state index in [0.29, 0.717) is 25.5 Å². The molecule has 3 aromatic rings. The summed E-state index contributed by atoms with van der Waals surface area (Å²) < 4.78 is 6.11. The predicted octanol–water partition coefficient (Wildman–Crippen LogP) is 5.11. The Morgan fingerprint density at radius 2 is 1.93 bits per heavy atom. The van der Waals surface area contributed by atoms with Gasteiger partial charge in [0.15, 0.2) is 0 Å². The molecule has 2 aromatic carbocycles. The van der Waals surface area contributed by atoms with Crippen LogP contribution >= 0.6 is 11.8 Å². The summed E-state index contributed by atoms with van der Waals surface area (Å²) in [6.07, 6.45) is 3.65. The van der Waals surface area contributed by atoms with Gasteiger partial charge >= 0.3 is 5.97 Å². The van der Waals surface area contributed by atoms with Gasteiger partial charge in [0, 0.05) is 29.7 Å². The monoisotopic (exact) mass is 408 g/mol. The highest BCUT2D eigenvalue weighted by molar-refractivity contribution is 7.98. The van der Waals surface area contributed by atoms with Crippen molar-refractivity contribution in [3.63, 3.8) is 0 Å². The van der Waals surface area contributed by atoms with Gasteiger partial charge < -0.3 is 14.7 Å². The first-order valence-corrected chi connectivity index (χ1v) is 10.6. The van der Waals surface area contributed by atoms with E-state index in [1.807, 2.05) is 60.5 Å². The molecule has 0 unspecified atom stereocenters. The Morgan fingerprint density at radius 1 is 1.14 bits per heavy atom. The van der Waals surface area contributed by atoms with E-state index in [2.05, 4.69) is 11.1 Å². The number of carboxylic acids is 1. The molecule has 0 aliphatic heterocycles. The topological polar surface area (TPSA) is 62.7 Å². The highest BCUT2D eigenvalue weighted by atomic mass is 32.2. The molecule has 1 N–H and O–H groups in total. The van der Waals surface area contributed by atoms with Gasteiger partial charge in [-0.1, -0.05) is 30.3 Å². The van der Waals surface area contributed by atoms with Crippen molar-refractivity contribution in [1.29, 1.82) is 0 Å². The largest absolute Gasteiger partial charge is 0.489 e. The van der Waals surface area contributed by atoms with Gasteiger partial charge in [-0.25, -0.2) is 9.78 Å². The maximum absolute atomic E-state index is 11.6. The summed E-state index contributed by atoms with van der Waals surface area (Å²) in [5.74, 6) is 0.272. The van der Waals surface area contributed by atoms with Crippen LogP contribution in [0.5, 0.6) is 5.75 Å². The van der Waals surface area contributed by atoms with Crippen molar-refractivity contribution >= 4 is 23.5 Å². The highest BCUT2D eigenvalue weighted by Crippen LogP contribution is 2.29. The van der Waals surface area contributed by atoms with Crippen LogP contribution in [0.3, 0.4) is 0 Å². The van der Waals surface area contributed by atoms with Crippen molar-refractivity contribution < 1.29 is 14.6 Å². The Balaban J connectivity index is 1.88. The number of aromatic carboxylic acids is 1. The number of aromatic nitrogens is 1. The lowest BCUT2D eigenvalue weighted by molar-refractivity contribution is 0.0697. The fourth-order valence-electron chi connectivity index (χ4n) is 3.04. The number of carboxylic acid groups (broad SMARTS) is 1. The summed E-state index contributed by atoms with van der Waals surface area (Å²) >= 11 is 1.66. The summed E-state index contributed by atoms with van der Waals surface area (Å²) in [6, 6.07) is 19.4. The average molecular weight is 409 g/mol. The second kappa shape index (κ2) is 9.98. The minimum absolute atomic E-state index is 0.196. The lowest BCUT2D eigenvalue weighted by Crippen LogP contribution is -2.25. The molecule has 6 heteroatoms. The minimum Gasteiger partial charge on any atom is -0.489 e. The smallest absolute Gasteiger partial charge is 0.339 e. The highest BCUT2D eigenvalue weighted by Gasteiger charge is 2.18. The van der Waals surface area contributed by atoms with Crippen molar-refractivity contribution in [2.45, 2.75) is 25.0 Å². The molecular weight excluding hydrogens is 384 g/mol. The number of thioether (sulfide) groups is 1. The minimum atomic E-state index is -0.982. The molecule has 0 spiro atoms. The molecule has 0 saturated heterocycles. The molecule has 29 heavy (non-hydrogen) atoms. The lowest BCUT2D eigenvalue weighted by atomic mass is 10.1. The Kier molecular flexibility index (Phi) is 7.14. The number of anilines is 1. The van der Waals surface area contributed by atoms with Crippen LogP contribution in [-0.4, -0.2) is 28.9 Å². The third kappa shape index (κ3) is 5.29. The average Bonchev–Trinajstić information content (AvgIpc) is 2.77. The van der Waals surface area contributed by atoms with Crippen molar-refractivity contribution in [3.8, 4) is 5.75 Å². The summed E-state index contributed by atoms with van der Waals surface area (Å²) in [7, 11) is 0. The van der Waals surface area contributed by atoms with Crippen LogP contribution in [0.4, 0.5) is 5.82 Å². The summed E-state index contributed by atoms with van der Waals surface area (Å²) in [5, 5.41) is 9.53. The van der Waals surface area contributed by atoms with E-state index < -0.39 is 5.97 Å². The maximum Gasteiger partial charge on any atom is 0.339 e. The zero-order valence-electron chi connectivity index (χ0n) is 16.5. The number of rotatable bonds is 9. The molecular formula is C23H24N2O3S. The van der Waals surface area contributed by atoms with Crippen LogP contribution in [0.15, 0.2) is 71.8 Å². The van der Waals surface area contributed by atoms with Crippen LogP contribution in [0.25, 0.3) is 0 Å². The van der Waals surface area contributed by atoms with E-state index in [4.69, 9.17) is 4.74 Å². The Bertz CT molecular complexity index is 963. The van der Waals surface area contributed by atoms with E-state index >= 15 is 0 Å². The second-order valence-electron chi connectivity index (χ2n) is 6.44. The molecule has 0 atom stereocenters. The SMILES string of the molecule is CCN(Cc1cc(SC)ccc1OCc1ccccc1)c1ncccc1C(=O)O. The quantitative estimate of drug-likeness (QED) is 0.497. The second-order valence-corrected chi connectivity index (χ2v) is 7.32. The maximum atomic E-state index is 11.6. The fraction of sp³-hybridized carbons (Fsp3) is 0.217.